The van der Waals surface area contributed by atoms with Crippen LogP contribution < -0.4 is 16.8 Å². The molecule has 7 nitrogen and oxygen atoms in total. The smallest absolute Gasteiger partial charge is 0.342 e. The zero-order valence-electron chi connectivity index (χ0n) is 9.56. The Morgan fingerprint density at radius 2 is 2.28 bits per heavy atom. The molecule has 18 heavy (non-hydrogen) atoms. The molecule has 0 radical (unpaired) electrons. The van der Waals surface area contributed by atoms with Crippen LogP contribution >= 0.6 is 0 Å². The molecule has 0 saturated heterocycles. The Bertz CT molecular complexity index is 499. The van der Waals surface area contributed by atoms with Gasteiger partial charge >= 0.3 is 5.97 Å². The number of guanidine groups is 1. The van der Waals surface area contributed by atoms with E-state index in [1.54, 1.807) is 0 Å². The molecular formula is C11H14N4O3. The van der Waals surface area contributed by atoms with Gasteiger partial charge in [-0.05, 0) is 6.07 Å². The van der Waals surface area contributed by atoms with Gasteiger partial charge in [0.05, 0.1) is 11.4 Å². The molecule has 0 spiro atoms. The summed E-state index contributed by atoms with van der Waals surface area (Å²) < 4.78 is 4.79. The van der Waals surface area contributed by atoms with E-state index in [-0.39, 0.29) is 35.3 Å². The van der Waals surface area contributed by atoms with E-state index in [0.717, 1.165) is 0 Å². The second-order valence-electron chi connectivity index (χ2n) is 3.38. The minimum atomic E-state index is -0.723. The lowest BCUT2D eigenvalue weighted by Gasteiger charge is -2.11. The third-order valence-electron chi connectivity index (χ3n) is 1.99. The van der Waals surface area contributed by atoms with Crippen molar-refractivity contribution in [2.24, 2.45) is 5.73 Å². The number of hydrogen-bond acceptors (Lipinski definition) is 5. The average Bonchev–Trinajstić information content (AvgIpc) is 2.29. The van der Waals surface area contributed by atoms with E-state index in [1.165, 1.54) is 18.2 Å². The Labute approximate surface area is 104 Å². The Morgan fingerprint density at radius 3 is 2.83 bits per heavy atom. The normalized spacial score (nSPS) is 9.56. The molecule has 0 unspecified atom stereocenters. The van der Waals surface area contributed by atoms with E-state index < -0.39 is 5.97 Å². The third-order valence-corrected chi connectivity index (χ3v) is 1.99. The van der Waals surface area contributed by atoms with Gasteiger partial charge in [0.25, 0.3) is 0 Å². The van der Waals surface area contributed by atoms with Crippen LogP contribution in [0.25, 0.3) is 0 Å². The van der Waals surface area contributed by atoms with Gasteiger partial charge in [-0.1, -0.05) is 12.7 Å². The highest BCUT2D eigenvalue weighted by molar-refractivity contribution is 5.99. The summed E-state index contributed by atoms with van der Waals surface area (Å²) in [6, 6.07) is 2.44. The first-order valence-electron chi connectivity index (χ1n) is 4.97. The number of carbonyl (C=O) groups is 1. The average molecular weight is 250 g/mol. The lowest BCUT2D eigenvalue weighted by Crippen LogP contribution is -2.21. The molecule has 7 heteroatoms. The number of phenolic OH excluding ortho intramolecular Hbond substituents is 1. The van der Waals surface area contributed by atoms with Crippen LogP contribution in [-0.4, -0.2) is 23.6 Å². The van der Waals surface area contributed by atoms with Gasteiger partial charge in [-0.25, -0.2) is 4.79 Å². The van der Waals surface area contributed by atoms with Crippen LogP contribution in [0.5, 0.6) is 5.75 Å². The van der Waals surface area contributed by atoms with E-state index in [0.29, 0.717) is 0 Å². The van der Waals surface area contributed by atoms with Gasteiger partial charge in [-0.3, -0.25) is 5.41 Å². The number of carbonyl (C=O) groups excluding carboxylic acids is 1. The van der Waals surface area contributed by atoms with Crippen LogP contribution in [0, 0.1) is 5.41 Å². The Balaban J connectivity index is 3.07. The highest BCUT2D eigenvalue weighted by atomic mass is 16.5. The van der Waals surface area contributed by atoms with Gasteiger partial charge in [-0.15, -0.1) is 0 Å². The number of phenols is 1. The van der Waals surface area contributed by atoms with Crippen molar-refractivity contribution in [1.29, 1.82) is 5.41 Å². The van der Waals surface area contributed by atoms with Crippen molar-refractivity contribution < 1.29 is 14.6 Å². The minimum absolute atomic E-state index is 0.0259. The first kappa shape index (κ1) is 13.4. The fraction of sp³-hybridized carbons (Fsp3) is 0.0909. The summed E-state index contributed by atoms with van der Waals surface area (Å²) in [5.41, 5.74) is 11.1. The molecule has 0 bridgehead atoms. The predicted octanol–water partition coefficient (Wildman–Crippen LogP) is 0.623. The summed E-state index contributed by atoms with van der Waals surface area (Å²) in [5, 5.41) is 19.1. The molecule has 0 aliphatic rings. The molecule has 1 rings (SSSR count). The number of anilines is 2. The Kier molecular flexibility index (Phi) is 4.14. The van der Waals surface area contributed by atoms with Crippen molar-refractivity contribution in [3.05, 3.63) is 30.4 Å². The molecule has 0 saturated carbocycles. The third kappa shape index (κ3) is 3.14. The molecule has 96 valence electrons. The molecule has 0 aliphatic heterocycles. The van der Waals surface area contributed by atoms with Crippen molar-refractivity contribution in [3.63, 3.8) is 0 Å². The molecule has 1 aromatic carbocycles. The van der Waals surface area contributed by atoms with Crippen LogP contribution in [0.3, 0.4) is 0 Å². The maximum Gasteiger partial charge on any atom is 0.342 e. The number of aromatic hydroxyl groups is 1. The molecule has 0 amide bonds. The molecule has 0 fully saturated rings. The number of nitrogens with two attached hydrogens (primary N) is 2. The number of ether oxygens (including phenoxy) is 1. The summed E-state index contributed by atoms with van der Waals surface area (Å²) in [7, 11) is 0. The first-order valence-corrected chi connectivity index (χ1v) is 4.97. The molecule has 0 heterocycles. The zero-order chi connectivity index (χ0) is 13.7. The van der Waals surface area contributed by atoms with Gasteiger partial charge < -0.3 is 26.6 Å². The number of esters is 1. The molecule has 0 aliphatic carbocycles. The molecule has 0 aromatic heterocycles. The number of rotatable bonds is 4. The molecule has 7 N–H and O–H groups in total. The van der Waals surface area contributed by atoms with Crippen molar-refractivity contribution in [2.45, 2.75) is 0 Å². The SMILES string of the molecule is C=CCOC(=O)c1cc(NC(=N)N)c(N)cc1O. The minimum Gasteiger partial charge on any atom is -0.507 e. The highest BCUT2D eigenvalue weighted by Crippen LogP contribution is 2.28. The van der Waals surface area contributed by atoms with Gasteiger partial charge in [0.15, 0.2) is 5.96 Å². The lowest BCUT2D eigenvalue weighted by atomic mass is 10.1. The summed E-state index contributed by atoms with van der Waals surface area (Å²) in [6.07, 6.45) is 1.40. The fourth-order valence-electron chi connectivity index (χ4n) is 1.23. The van der Waals surface area contributed by atoms with Gasteiger partial charge in [0.2, 0.25) is 0 Å². The Hall–Kier alpha value is -2.70. The maximum atomic E-state index is 11.6. The summed E-state index contributed by atoms with van der Waals surface area (Å²) >= 11 is 0. The van der Waals surface area contributed by atoms with E-state index in [9.17, 15) is 9.90 Å². The van der Waals surface area contributed by atoms with Crippen LogP contribution in [0.2, 0.25) is 0 Å². The van der Waals surface area contributed by atoms with E-state index >= 15 is 0 Å². The fourth-order valence-corrected chi connectivity index (χ4v) is 1.23. The molecule has 1 aromatic rings. The summed E-state index contributed by atoms with van der Waals surface area (Å²) in [4.78, 5) is 11.6. The van der Waals surface area contributed by atoms with Crippen LogP contribution in [0.15, 0.2) is 24.8 Å². The van der Waals surface area contributed by atoms with E-state index in [4.69, 9.17) is 21.6 Å². The number of benzene rings is 1. The Morgan fingerprint density at radius 1 is 1.61 bits per heavy atom. The van der Waals surface area contributed by atoms with Gasteiger partial charge in [0.1, 0.15) is 17.9 Å². The summed E-state index contributed by atoms with van der Waals surface area (Å²) in [6.45, 7) is 3.43. The van der Waals surface area contributed by atoms with E-state index in [2.05, 4.69) is 11.9 Å². The van der Waals surface area contributed by atoms with Crippen LogP contribution in [0.1, 0.15) is 10.4 Å². The second-order valence-corrected chi connectivity index (χ2v) is 3.38. The monoisotopic (exact) mass is 250 g/mol. The van der Waals surface area contributed by atoms with Gasteiger partial charge in [0, 0.05) is 6.07 Å². The maximum absolute atomic E-state index is 11.6. The predicted molar refractivity (Wildman–Crippen MR) is 68.5 cm³/mol. The number of nitrogens with one attached hydrogen (secondary N) is 2. The van der Waals surface area contributed by atoms with Crippen LogP contribution in [0.4, 0.5) is 11.4 Å². The van der Waals surface area contributed by atoms with Crippen molar-refractivity contribution in [1.82, 2.24) is 0 Å². The largest absolute Gasteiger partial charge is 0.507 e. The standard InChI is InChI=1S/C11H14N4O3/c1-2-3-18-10(17)6-4-8(15-11(13)14)7(12)5-9(6)16/h2,4-5,16H,1,3,12H2,(H4,13,14,15). The van der Waals surface area contributed by atoms with Crippen molar-refractivity contribution in [3.8, 4) is 5.75 Å². The molecular weight excluding hydrogens is 236 g/mol. The van der Waals surface area contributed by atoms with Crippen molar-refractivity contribution in [2.75, 3.05) is 17.7 Å². The van der Waals surface area contributed by atoms with Gasteiger partial charge in [-0.2, -0.15) is 0 Å². The quantitative estimate of drug-likeness (QED) is 0.133. The number of nitrogen functional groups attached to an aromatic ring is 1. The first-order chi connectivity index (χ1) is 8.45. The number of hydrogen-bond donors (Lipinski definition) is 5. The van der Waals surface area contributed by atoms with Crippen molar-refractivity contribution >= 4 is 23.3 Å². The highest BCUT2D eigenvalue weighted by Gasteiger charge is 2.15. The lowest BCUT2D eigenvalue weighted by molar-refractivity contribution is 0.0546. The topological polar surface area (TPSA) is 134 Å². The van der Waals surface area contributed by atoms with Crippen LogP contribution in [-0.2, 0) is 4.74 Å². The zero-order valence-corrected chi connectivity index (χ0v) is 9.56. The molecule has 0 atom stereocenters. The summed E-state index contributed by atoms with van der Waals surface area (Å²) in [5.74, 6) is -1.37. The van der Waals surface area contributed by atoms with E-state index in [1.807, 2.05) is 0 Å². The second kappa shape index (κ2) is 5.58.